The van der Waals surface area contributed by atoms with Crippen LogP contribution in [0, 0.1) is 0 Å². The number of rotatable bonds is 9. The molecule has 1 heterocycles. The zero-order valence-corrected chi connectivity index (χ0v) is 21.2. The maximum Gasteiger partial charge on any atom is 0.259 e. The Hall–Kier alpha value is -3.65. The summed E-state index contributed by atoms with van der Waals surface area (Å²) in [5, 5.41) is 3.76. The minimum absolute atomic E-state index is 0.128. The Labute approximate surface area is 215 Å². The third-order valence-corrected chi connectivity index (χ3v) is 7.08. The van der Waals surface area contributed by atoms with Gasteiger partial charge in [0.15, 0.2) is 18.1 Å². The Bertz CT molecular complexity index is 1240. The van der Waals surface area contributed by atoms with Gasteiger partial charge in [-0.15, -0.1) is 11.3 Å². The van der Waals surface area contributed by atoms with Gasteiger partial charge in [-0.2, -0.15) is 0 Å². The number of hydrogen-bond acceptors (Lipinski definition) is 6. The summed E-state index contributed by atoms with van der Waals surface area (Å²) in [5.41, 5.74) is 8.55. The van der Waals surface area contributed by atoms with Crippen molar-refractivity contribution in [1.82, 2.24) is 0 Å². The molecule has 1 aromatic heterocycles. The minimum atomic E-state index is -0.558. The van der Waals surface area contributed by atoms with Crippen molar-refractivity contribution in [2.24, 2.45) is 10.7 Å². The number of nitrogens with one attached hydrogen (secondary N) is 1. The number of anilines is 1. The van der Waals surface area contributed by atoms with Gasteiger partial charge in [0, 0.05) is 16.8 Å². The van der Waals surface area contributed by atoms with Gasteiger partial charge in [-0.1, -0.05) is 31.0 Å². The fraction of sp³-hybridized carbons (Fsp3) is 0.321. The summed E-state index contributed by atoms with van der Waals surface area (Å²) in [6.07, 6.45) is 8.19. The van der Waals surface area contributed by atoms with Crippen molar-refractivity contribution in [3.8, 4) is 11.5 Å². The normalized spacial score (nSPS) is 13.5. The Kier molecular flexibility index (Phi) is 8.73. The fourth-order valence-corrected chi connectivity index (χ4v) is 5.45. The Morgan fingerprint density at radius 1 is 1.03 bits per heavy atom. The molecule has 8 heteroatoms. The lowest BCUT2D eigenvalue weighted by atomic mass is 9.96. The minimum Gasteiger partial charge on any atom is -0.490 e. The monoisotopic (exact) mass is 505 g/mol. The second-order valence-electron chi connectivity index (χ2n) is 8.57. The molecule has 0 saturated carbocycles. The lowest BCUT2D eigenvalue weighted by Gasteiger charge is -2.12. The van der Waals surface area contributed by atoms with Crippen LogP contribution >= 0.6 is 11.3 Å². The topological polar surface area (TPSA) is 103 Å². The summed E-state index contributed by atoms with van der Waals surface area (Å²) in [4.78, 5) is 30.6. The molecule has 3 N–H and O–H groups in total. The Morgan fingerprint density at radius 2 is 1.81 bits per heavy atom. The van der Waals surface area contributed by atoms with Crippen LogP contribution in [-0.4, -0.2) is 31.2 Å². The van der Waals surface area contributed by atoms with Crippen LogP contribution in [0.4, 0.5) is 10.7 Å². The molecule has 0 radical (unpaired) electrons. The van der Waals surface area contributed by atoms with Gasteiger partial charge >= 0.3 is 0 Å². The summed E-state index contributed by atoms with van der Waals surface area (Å²) in [6.45, 7) is 2.08. The Balaban J connectivity index is 1.65. The zero-order chi connectivity index (χ0) is 25.3. The van der Waals surface area contributed by atoms with E-state index in [-0.39, 0.29) is 12.5 Å². The molecule has 2 aromatic carbocycles. The first-order valence-electron chi connectivity index (χ1n) is 12.3. The van der Waals surface area contributed by atoms with E-state index in [1.807, 2.05) is 43.3 Å². The van der Waals surface area contributed by atoms with E-state index in [0.717, 1.165) is 42.5 Å². The predicted molar refractivity (Wildman–Crippen MR) is 144 cm³/mol. The molecule has 1 aliphatic rings. The maximum absolute atomic E-state index is 13.4. The quantitative estimate of drug-likeness (QED) is 0.366. The van der Waals surface area contributed by atoms with Gasteiger partial charge in [-0.25, -0.2) is 4.99 Å². The van der Waals surface area contributed by atoms with Crippen LogP contribution in [0.15, 0.2) is 53.5 Å². The highest BCUT2D eigenvalue weighted by Crippen LogP contribution is 2.39. The predicted octanol–water partition coefficient (Wildman–Crippen LogP) is 5.67. The molecule has 0 atom stereocenters. The molecule has 0 bridgehead atoms. The first-order chi connectivity index (χ1) is 17.5. The first kappa shape index (κ1) is 25.4. The molecule has 0 fully saturated rings. The average molecular weight is 506 g/mol. The third-order valence-electron chi connectivity index (χ3n) is 5.88. The SMILES string of the molecule is CCOc1cc(C=Nc2sc3c(c2C(=O)Nc2ccccc2)CCCCCC3)ccc1OCC(N)=O. The second-order valence-corrected chi connectivity index (χ2v) is 9.65. The molecule has 0 aliphatic heterocycles. The third kappa shape index (κ3) is 6.51. The zero-order valence-electron chi connectivity index (χ0n) is 20.4. The molecule has 3 aromatic rings. The van der Waals surface area contributed by atoms with Crippen molar-refractivity contribution in [3.63, 3.8) is 0 Å². The van der Waals surface area contributed by atoms with E-state index < -0.39 is 5.91 Å². The second kappa shape index (κ2) is 12.4. The van der Waals surface area contributed by atoms with Gasteiger partial charge in [-0.3, -0.25) is 9.59 Å². The highest BCUT2D eigenvalue weighted by molar-refractivity contribution is 7.16. The van der Waals surface area contributed by atoms with E-state index in [1.165, 1.54) is 17.7 Å². The average Bonchev–Trinajstić information content (AvgIpc) is 3.19. The van der Waals surface area contributed by atoms with Crippen LogP contribution in [0.2, 0.25) is 0 Å². The number of amides is 2. The number of benzene rings is 2. The van der Waals surface area contributed by atoms with Crippen LogP contribution in [0.3, 0.4) is 0 Å². The highest BCUT2D eigenvalue weighted by atomic mass is 32.1. The molecular weight excluding hydrogens is 474 g/mol. The Morgan fingerprint density at radius 3 is 2.56 bits per heavy atom. The number of nitrogens with two attached hydrogens (primary N) is 1. The molecule has 7 nitrogen and oxygen atoms in total. The van der Waals surface area contributed by atoms with E-state index in [1.54, 1.807) is 29.7 Å². The number of para-hydroxylation sites is 1. The number of ether oxygens (including phenoxy) is 2. The first-order valence-corrected chi connectivity index (χ1v) is 13.1. The molecular formula is C28H31N3O4S. The summed E-state index contributed by atoms with van der Waals surface area (Å²) < 4.78 is 11.1. The smallest absolute Gasteiger partial charge is 0.259 e. The number of carbonyl (C=O) groups excluding carboxylic acids is 2. The van der Waals surface area contributed by atoms with Gasteiger partial charge in [0.05, 0.1) is 12.2 Å². The maximum atomic E-state index is 13.4. The molecule has 1 aliphatic carbocycles. The highest BCUT2D eigenvalue weighted by Gasteiger charge is 2.24. The lowest BCUT2D eigenvalue weighted by molar-refractivity contribution is -0.119. The number of fused-ring (bicyclic) bond motifs is 1. The molecule has 188 valence electrons. The standard InChI is InChI=1S/C28H31N3O4S/c1-2-34-23-16-19(14-15-22(23)35-18-25(29)32)17-30-28-26(27(33)31-20-10-6-5-7-11-20)21-12-8-3-4-9-13-24(21)36-28/h5-7,10-11,14-17H,2-4,8-9,12-13,18H2,1H3,(H2,29,32)(H,31,33). The van der Waals surface area contributed by atoms with Crippen LogP contribution < -0.4 is 20.5 Å². The summed E-state index contributed by atoms with van der Waals surface area (Å²) in [5.74, 6) is 0.257. The van der Waals surface area contributed by atoms with Crippen LogP contribution in [0.25, 0.3) is 0 Å². The van der Waals surface area contributed by atoms with Crippen molar-refractivity contribution in [3.05, 3.63) is 70.1 Å². The van der Waals surface area contributed by atoms with Crippen LogP contribution in [0.5, 0.6) is 11.5 Å². The number of nitrogens with zero attached hydrogens (tertiary/aromatic N) is 1. The van der Waals surface area contributed by atoms with E-state index in [9.17, 15) is 9.59 Å². The molecule has 4 rings (SSSR count). The molecule has 36 heavy (non-hydrogen) atoms. The van der Waals surface area contributed by atoms with E-state index in [2.05, 4.69) is 5.32 Å². The van der Waals surface area contributed by atoms with Crippen LogP contribution in [0.1, 0.15) is 59.0 Å². The van der Waals surface area contributed by atoms with E-state index >= 15 is 0 Å². The van der Waals surface area contributed by atoms with Crippen LogP contribution in [-0.2, 0) is 17.6 Å². The van der Waals surface area contributed by atoms with Crippen molar-refractivity contribution in [1.29, 1.82) is 0 Å². The molecule has 0 spiro atoms. The van der Waals surface area contributed by atoms with Crippen molar-refractivity contribution < 1.29 is 19.1 Å². The number of hydrogen-bond donors (Lipinski definition) is 2. The van der Waals surface area contributed by atoms with Crippen molar-refractivity contribution >= 4 is 40.1 Å². The summed E-state index contributed by atoms with van der Waals surface area (Å²) in [6, 6.07) is 14.9. The number of primary amides is 1. The number of aliphatic imine (C=N–C) groups is 1. The molecule has 0 unspecified atom stereocenters. The number of carbonyl (C=O) groups is 2. The van der Waals surface area contributed by atoms with E-state index in [0.29, 0.717) is 28.7 Å². The van der Waals surface area contributed by atoms with E-state index in [4.69, 9.17) is 20.2 Å². The number of aryl methyl sites for hydroxylation is 1. The number of thiophene rings is 1. The van der Waals surface area contributed by atoms with Crippen molar-refractivity contribution in [2.45, 2.75) is 45.4 Å². The summed E-state index contributed by atoms with van der Waals surface area (Å²) in [7, 11) is 0. The van der Waals surface area contributed by atoms with Gasteiger partial charge in [0.25, 0.3) is 11.8 Å². The summed E-state index contributed by atoms with van der Waals surface area (Å²) >= 11 is 1.61. The van der Waals surface area contributed by atoms with Crippen molar-refractivity contribution in [2.75, 3.05) is 18.5 Å². The largest absolute Gasteiger partial charge is 0.490 e. The fourth-order valence-electron chi connectivity index (χ4n) is 4.22. The van der Waals surface area contributed by atoms with Gasteiger partial charge in [-0.05, 0) is 74.1 Å². The van der Waals surface area contributed by atoms with Gasteiger partial charge in [0.2, 0.25) is 0 Å². The molecule has 0 saturated heterocycles. The van der Waals surface area contributed by atoms with Gasteiger partial charge in [0.1, 0.15) is 5.00 Å². The van der Waals surface area contributed by atoms with Gasteiger partial charge < -0.3 is 20.5 Å². The molecule has 2 amide bonds. The lowest BCUT2D eigenvalue weighted by Crippen LogP contribution is -2.20.